The van der Waals surface area contributed by atoms with Crippen LogP contribution in [-0.2, 0) is 16.5 Å². The molecule has 0 aliphatic carbocycles. The molecule has 0 aliphatic rings. The van der Waals surface area contributed by atoms with E-state index >= 15 is 0 Å². The molecule has 0 heterocycles. The molecule has 9 heavy (non-hydrogen) atoms. The van der Waals surface area contributed by atoms with Gasteiger partial charge in [-0.05, 0) is 18.6 Å². The number of hydrogen-bond donors (Lipinski definition) is 1. The van der Waals surface area contributed by atoms with Crippen molar-refractivity contribution in [3.63, 3.8) is 0 Å². The van der Waals surface area contributed by atoms with Crippen LogP contribution < -0.4 is 0 Å². The van der Waals surface area contributed by atoms with Gasteiger partial charge in [0.05, 0.1) is 0 Å². The molecule has 52 valence electrons. The smallest absolute Gasteiger partial charge is 0.118 e. The molecule has 2 heteroatoms. The standard InChI is InChI=1S/C7H8O.Ni/c1-6-4-2-3-5-7(6)8;/h2-5,8H,1H3;. The zero-order valence-corrected chi connectivity index (χ0v) is 6.06. The Hall–Kier alpha value is -0.486. The molecule has 0 fully saturated rings. The molecule has 0 radical (unpaired) electrons. The van der Waals surface area contributed by atoms with Gasteiger partial charge in [-0.1, -0.05) is 18.2 Å². The summed E-state index contributed by atoms with van der Waals surface area (Å²) < 4.78 is 0. The van der Waals surface area contributed by atoms with E-state index in [0.29, 0.717) is 5.75 Å². The second kappa shape index (κ2) is 3.52. The Morgan fingerprint density at radius 1 is 1.22 bits per heavy atom. The summed E-state index contributed by atoms with van der Waals surface area (Å²) >= 11 is 0. The van der Waals surface area contributed by atoms with Gasteiger partial charge in [0.15, 0.2) is 0 Å². The summed E-state index contributed by atoms with van der Waals surface area (Å²) in [6.07, 6.45) is 0. The van der Waals surface area contributed by atoms with Crippen molar-refractivity contribution >= 4 is 0 Å². The van der Waals surface area contributed by atoms with Crippen molar-refractivity contribution in [3.05, 3.63) is 29.8 Å². The minimum atomic E-state index is 0. The van der Waals surface area contributed by atoms with Crippen molar-refractivity contribution < 1.29 is 21.6 Å². The number of benzene rings is 1. The van der Waals surface area contributed by atoms with Crippen molar-refractivity contribution in [1.82, 2.24) is 0 Å². The van der Waals surface area contributed by atoms with Crippen molar-refractivity contribution in [2.75, 3.05) is 0 Å². The van der Waals surface area contributed by atoms with Gasteiger partial charge in [-0.3, -0.25) is 0 Å². The van der Waals surface area contributed by atoms with Crippen molar-refractivity contribution in [2.45, 2.75) is 6.92 Å². The van der Waals surface area contributed by atoms with Gasteiger partial charge in [-0.15, -0.1) is 0 Å². The summed E-state index contributed by atoms with van der Waals surface area (Å²) in [5, 5.41) is 8.92. The zero-order valence-electron chi connectivity index (χ0n) is 5.07. The molecule has 1 nitrogen and oxygen atoms in total. The molecule has 1 aromatic rings. The summed E-state index contributed by atoms with van der Waals surface area (Å²) in [6.45, 7) is 1.87. The SMILES string of the molecule is Cc1ccccc1O.[Ni]. The van der Waals surface area contributed by atoms with Gasteiger partial charge in [0.2, 0.25) is 0 Å². The van der Waals surface area contributed by atoms with Crippen molar-refractivity contribution in [1.29, 1.82) is 0 Å². The van der Waals surface area contributed by atoms with Crippen LogP contribution in [-0.4, -0.2) is 5.11 Å². The fourth-order valence-electron chi connectivity index (χ4n) is 0.563. The molecular weight excluding hydrogens is 159 g/mol. The molecule has 1 N–H and O–H groups in total. The monoisotopic (exact) mass is 166 g/mol. The molecule has 1 aromatic carbocycles. The van der Waals surface area contributed by atoms with Gasteiger partial charge in [-0.25, -0.2) is 0 Å². The van der Waals surface area contributed by atoms with Gasteiger partial charge in [0.1, 0.15) is 5.75 Å². The van der Waals surface area contributed by atoms with E-state index in [1.165, 1.54) is 0 Å². The molecule has 0 bridgehead atoms. The molecule has 0 aliphatic heterocycles. The summed E-state index contributed by atoms with van der Waals surface area (Å²) in [5.74, 6) is 0.368. The second-order valence-corrected chi connectivity index (χ2v) is 1.79. The number of aromatic hydroxyl groups is 1. The van der Waals surface area contributed by atoms with E-state index in [2.05, 4.69) is 0 Å². The fourth-order valence-corrected chi connectivity index (χ4v) is 0.563. The first kappa shape index (κ1) is 8.51. The van der Waals surface area contributed by atoms with Crippen LogP contribution in [0.3, 0.4) is 0 Å². The van der Waals surface area contributed by atoms with Crippen LogP contribution in [0, 0.1) is 6.92 Å². The van der Waals surface area contributed by atoms with E-state index in [4.69, 9.17) is 5.11 Å². The molecular formula is C7H8NiO. The number of hydrogen-bond acceptors (Lipinski definition) is 1. The number of para-hydroxylation sites is 1. The first-order valence-electron chi connectivity index (χ1n) is 2.55. The van der Waals surface area contributed by atoms with Crippen LogP contribution in [0.1, 0.15) is 5.56 Å². The van der Waals surface area contributed by atoms with E-state index in [9.17, 15) is 0 Å². The Kier molecular flexibility index (Phi) is 3.33. The number of phenols is 1. The maximum absolute atomic E-state index is 8.92. The normalized spacial score (nSPS) is 8.11. The second-order valence-electron chi connectivity index (χ2n) is 1.79. The predicted molar refractivity (Wildman–Crippen MR) is 32.8 cm³/mol. The minimum Gasteiger partial charge on any atom is -0.508 e. The summed E-state index contributed by atoms with van der Waals surface area (Å²) in [4.78, 5) is 0. The third-order valence-electron chi connectivity index (χ3n) is 1.12. The van der Waals surface area contributed by atoms with E-state index in [-0.39, 0.29) is 16.5 Å². The number of aryl methyl sites for hydroxylation is 1. The Morgan fingerprint density at radius 2 is 1.78 bits per heavy atom. The van der Waals surface area contributed by atoms with E-state index < -0.39 is 0 Å². The first-order chi connectivity index (χ1) is 3.80. The Labute approximate surface area is 64.6 Å². The predicted octanol–water partition coefficient (Wildman–Crippen LogP) is 1.70. The third kappa shape index (κ3) is 2.07. The minimum absolute atomic E-state index is 0. The van der Waals surface area contributed by atoms with Crippen LogP contribution in [0.2, 0.25) is 0 Å². The molecule has 0 amide bonds. The topological polar surface area (TPSA) is 20.2 Å². The van der Waals surface area contributed by atoms with Gasteiger partial charge in [0, 0.05) is 16.5 Å². The molecule has 0 saturated carbocycles. The van der Waals surface area contributed by atoms with E-state index in [0.717, 1.165) is 5.56 Å². The van der Waals surface area contributed by atoms with Crippen LogP contribution >= 0.6 is 0 Å². The molecule has 0 saturated heterocycles. The van der Waals surface area contributed by atoms with Gasteiger partial charge >= 0.3 is 0 Å². The maximum atomic E-state index is 8.92. The molecule has 1 rings (SSSR count). The summed E-state index contributed by atoms with van der Waals surface area (Å²) in [5.41, 5.74) is 0.924. The molecule has 0 spiro atoms. The maximum Gasteiger partial charge on any atom is 0.118 e. The van der Waals surface area contributed by atoms with Crippen LogP contribution in [0.15, 0.2) is 24.3 Å². The van der Waals surface area contributed by atoms with E-state index in [1.807, 2.05) is 25.1 Å². The summed E-state index contributed by atoms with van der Waals surface area (Å²) in [7, 11) is 0. The summed E-state index contributed by atoms with van der Waals surface area (Å²) in [6, 6.07) is 7.25. The number of rotatable bonds is 0. The van der Waals surface area contributed by atoms with Crippen molar-refractivity contribution in [2.24, 2.45) is 0 Å². The average molecular weight is 167 g/mol. The van der Waals surface area contributed by atoms with Gasteiger partial charge in [-0.2, -0.15) is 0 Å². The van der Waals surface area contributed by atoms with Crippen LogP contribution in [0.4, 0.5) is 0 Å². The third-order valence-corrected chi connectivity index (χ3v) is 1.12. The Morgan fingerprint density at radius 3 is 2.11 bits per heavy atom. The largest absolute Gasteiger partial charge is 0.508 e. The van der Waals surface area contributed by atoms with Crippen LogP contribution in [0.5, 0.6) is 5.75 Å². The number of phenolic OH excluding ortho intramolecular Hbond substituents is 1. The van der Waals surface area contributed by atoms with E-state index in [1.54, 1.807) is 6.07 Å². The molecule has 0 atom stereocenters. The Bertz CT molecular complexity index is 165. The zero-order chi connectivity index (χ0) is 5.98. The van der Waals surface area contributed by atoms with Crippen molar-refractivity contribution in [3.8, 4) is 5.75 Å². The first-order valence-corrected chi connectivity index (χ1v) is 2.55. The molecule has 0 unspecified atom stereocenters. The van der Waals surface area contributed by atoms with Gasteiger partial charge in [0.25, 0.3) is 0 Å². The fraction of sp³-hybridized carbons (Fsp3) is 0.143. The quantitative estimate of drug-likeness (QED) is 0.582. The van der Waals surface area contributed by atoms with Crippen LogP contribution in [0.25, 0.3) is 0 Å². The van der Waals surface area contributed by atoms with Gasteiger partial charge < -0.3 is 5.11 Å². The average Bonchev–Trinajstić information content (AvgIpc) is 1.77. The molecule has 0 aromatic heterocycles. The Balaban J connectivity index is 0.000000640.